The molecule has 1 rings (SSSR count). The highest BCUT2D eigenvalue weighted by molar-refractivity contribution is 6.20. The fraction of sp³-hybridized carbons (Fsp3) is 0.688. The van der Waals surface area contributed by atoms with Crippen LogP contribution in [0, 0.1) is 5.92 Å². The molecular formula is C16H25NO4. The molecule has 5 heteroatoms. The molecule has 21 heavy (non-hydrogen) atoms. The first-order valence-electron chi connectivity index (χ1n) is 7.35. The molecule has 1 saturated heterocycles. The van der Waals surface area contributed by atoms with Gasteiger partial charge in [-0.25, -0.2) is 4.79 Å². The van der Waals surface area contributed by atoms with Gasteiger partial charge in [0, 0.05) is 19.0 Å². The van der Waals surface area contributed by atoms with E-state index >= 15 is 0 Å². The maximum atomic E-state index is 12.3. The average molecular weight is 295 g/mol. The monoisotopic (exact) mass is 295 g/mol. The molecule has 0 unspecified atom stereocenters. The summed E-state index contributed by atoms with van der Waals surface area (Å²) in [4.78, 5) is 37.2. The molecular weight excluding hydrogens is 270 g/mol. The van der Waals surface area contributed by atoms with Crippen LogP contribution in [0.3, 0.4) is 0 Å². The molecule has 118 valence electrons. The number of piperidine rings is 1. The van der Waals surface area contributed by atoms with Crippen molar-refractivity contribution in [3.63, 3.8) is 0 Å². The zero-order valence-electron chi connectivity index (χ0n) is 13.6. The molecule has 1 fully saturated rings. The van der Waals surface area contributed by atoms with E-state index in [2.05, 4.69) is 0 Å². The Morgan fingerprint density at radius 2 is 1.67 bits per heavy atom. The Hall–Kier alpha value is -1.65. The van der Waals surface area contributed by atoms with Gasteiger partial charge >= 0.3 is 6.09 Å². The van der Waals surface area contributed by atoms with E-state index in [1.54, 1.807) is 17.9 Å². The molecule has 0 aromatic carbocycles. The number of Topliss-reactive ketones (excluding diaryl/α,β-unsaturated/α-hetero) is 2. The summed E-state index contributed by atoms with van der Waals surface area (Å²) in [5.74, 6) is -0.482. The molecule has 0 saturated carbocycles. The van der Waals surface area contributed by atoms with Gasteiger partial charge < -0.3 is 9.64 Å². The molecule has 1 aliphatic heterocycles. The van der Waals surface area contributed by atoms with Gasteiger partial charge in [-0.2, -0.15) is 0 Å². The number of hydrogen-bond acceptors (Lipinski definition) is 4. The summed E-state index contributed by atoms with van der Waals surface area (Å²) in [7, 11) is 0. The van der Waals surface area contributed by atoms with Gasteiger partial charge in [0.15, 0.2) is 11.6 Å². The van der Waals surface area contributed by atoms with Crippen molar-refractivity contribution in [2.75, 3.05) is 13.1 Å². The highest BCUT2D eigenvalue weighted by Crippen LogP contribution is 2.23. The minimum atomic E-state index is -0.517. The van der Waals surface area contributed by atoms with Crippen LogP contribution in [-0.4, -0.2) is 41.3 Å². The number of allylic oxidation sites excluding steroid dienone is 2. The van der Waals surface area contributed by atoms with E-state index in [0.29, 0.717) is 25.9 Å². The summed E-state index contributed by atoms with van der Waals surface area (Å²) in [6.45, 7) is 9.55. The van der Waals surface area contributed by atoms with Crippen molar-refractivity contribution >= 4 is 17.7 Å². The normalized spacial score (nSPS) is 17.6. The van der Waals surface area contributed by atoms with Crippen molar-refractivity contribution in [2.45, 2.75) is 53.1 Å². The lowest BCUT2D eigenvalue weighted by atomic mass is 9.87. The summed E-state index contributed by atoms with van der Waals surface area (Å²) >= 11 is 0. The molecule has 1 heterocycles. The number of rotatable bonds is 3. The van der Waals surface area contributed by atoms with Crippen LogP contribution < -0.4 is 0 Å². The Labute approximate surface area is 126 Å². The molecule has 0 N–H and O–H groups in total. The number of ketones is 2. The largest absolute Gasteiger partial charge is 0.444 e. The van der Waals surface area contributed by atoms with Gasteiger partial charge in [0.1, 0.15) is 5.60 Å². The Morgan fingerprint density at radius 1 is 1.14 bits per heavy atom. The molecule has 0 radical (unpaired) electrons. The summed E-state index contributed by atoms with van der Waals surface area (Å²) in [5, 5.41) is 0. The van der Waals surface area contributed by atoms with E-state index in [1.165, 1.54) is 6.92 Å². The maximum Gasteiger partial charge on any atom is 0.410 e. The van der Waals surface area contributed by atoms with E-state index in [1.807, 2.05) is 20.8 Å². The number of ether oxygens (including phenoxy) is 1. The highest BCUT2D eigenvalue weighted by Gasteiger charge is 2.31. The molecule has 0 aliphatic carbocycles. The van der Waals surface area contributed by atoms with E-state index in [0.717, 1.165) is 0 Å². The SMILES string of the molecule is C/C=C(\C(C)=O)C(=O)C1CCN(C(=O)OC(C)(C)C)CC1. The lowest BCUT2D eigenvalue weighted by molar-refractivity contribution is -0.124. The van der Waals surface area contributed by atoms with Gasteiger partial charge in [-0.1, -0.05) is 6.08 Å². The fourth-order valence-electron chi connectivity index (χ4n) is 2.39. The van der Waals surface area contributed by atoms with E-state index < -0.39 is 5.60 Å². The van der Waals surface area contributed by atoms with Crippen molar-refractivity contribution in [3.8, 4) is 0 Å². The second-order valence-corrected chi connectivity index (χ2v) is 6.36. The first-order chi connectivity index (χ1) is 9.65. The molecule has 0 bridgehead atoms. The lowest BCUT2D eigenvalue weighted by Gasteiger charge is -2.33. The van der Waals surface area contributed by atoms with Gasteiger partial charge in [-0.15, -0.1) is 0 Å². The number of amides is 1. The highest BCUT2D eigenvalue weighted by atomic mass is 16.6. The molecule has 1 amide bonds. The van der Waals surface area contributed by atoms with Crippen molar-refractivity contribution in [2.24, 2.45) is 5.92 Å². The Kier molecular flexibility index (Phi) is 5.70. The number of carbonyl (C=O) groups excluding carboxylic acids is 3. The van der Waals surface area contributed by atoms with Crippen LogP contribution >= 0.6 is 0 Å². The van der Waals surface area contributed by atoms with Gasteiger partial charge in [0.25, 0.3) is 0 Å². The Bertz CT molecular complexity index is 451. The zero-order chi connectivity index (χ0) is 16.2. The minimum absolute atomic E-state index is 0.103. The van der Waals surface area contributed by atoms with Crippen LogP contribution in [0.4, 0.5) is 4.79 Å². The van der Waals surface area contributed by atoms with Crippen molar-refractivity contribution in [1.29, 1.82) is 0 Å². The first kappa shape index (κ1) is 17.4. The summed E-state index contributed by atoms with van der Waals surface area (Å²) in [6.07, 6.45) is 2.38. The predicted molar refractivity (Wildman–Crippen MR) is 80.0 cm³/mol. The van der Waals surface area contributed by atoms with Gasteiger partial charge in [0.05, 0.1) is 5.57 Å². The summed E-state index contributed by atoms with van der Waals surface area (Å²) in [6, 6.07) is 0. The zero-order valence-corrected chi connectivity index (χ0v) is 13.6. The molecule has 0 aromatic rings. The van der Waals surface area contributed by atoms with Crippen molar-refractivity contribution in [3.05, 3.63) is 11.6 Å². The molecule has 0 atom stereocenters. The van der Waals surface area contributed by atoms with Crippen LogP contribution in [0.2, 0.25) is 0 Å². The first-order valence-corrected chi connectivity index (χ1v) is 7.35. The van der Waals surface area contributed by atoms with Crippen LogP contribution in [0.25, 0.3) is 0 Å². The third-order valence-corrected chi connectivity index (χ3v) is 3.45. The second kappa shape index (κ2) is 6.87. The third-order valence-electron chi connectivity index (χ3n) is 3.45. The molecule has 0 spiro atoms. The number of carbonyl (C=O) groups is 3. The van der Waals surface area contributed by atoms with E-state index in [-0.39, 0.29) is 29.2 Å². The van der Waals surface area contributed by atoms with Crippen molar-refractivity contribution in [1.82, 2.24) is 4.90 Å². The molecule has 0 aromatic heterocycles. The van der Waals surface area contributed by atoms with Gasteiger partial charge in [-0.05, 0) is 47.5 Å². The van der Waals surface area contributed by atoms with Gasteiger partial charge in [-0.3, -0.25) is 9.59 Å². The average Bonchev–Trinajstić information content (AvgIpc) is 2.37. The smallest absolute Gasteiger partial charge is 0.410 e. The minimum Gasteiger partial charge on any atom is -0.444 e. The van der Waals surface area contributed by atoms with Crippen LogP contribution in [0.15, 0.2) is 11.6 Å². The number of hydrogen-bond donors (Lipinski definition) is 0. The summed E-state index contributed by atoms with van der Waals surface area (Å²) in [5.41, 5.74) is -0.248. The topological polar surface area (TPSA) is 63.7 Å². The van der Waals surface area contributed by atoms with Crippen LogP contribution in [-0.2, 0) is 14.3 Å². The summed E-state index contributed by atoms with van der Waals surface area (Å²) < 4.78 is 5.32. The number of nitrogens with zero attached hydrogens (tertiary/aromatic N) is 1. The van der Waals surface area contributed by atoms with E-state index in [9.17, 15) is 14.4 Å². The molecule has 1 aliphatic rings. The second-order valence-electron chi connectivity index (χ2n) is 6.36. The van der Waals surface area contributed by atoms with Crippen molar-refractivity contribution < 1.29 is 19.1 Å². The standard InChI is InChI=1S/C16H25NO4/c1-6-13(11(2)18)14(19)12-7-9-17(10-8-12)15(20)21-16(3,4)5/h6,12H,7-10H2,1-5H3/b13-6+. The van der Waals surface area contributed by atoms with Gasteiger partial charge in [0.2, 0.25) is 0 Å². The van der Waals surface area contributed by atoms with Crippen LogP contribution in [0.1, 0.15) is 47.5 Å². The Balaban J connectivity index is 2.58. The fourth-order valence-corrected chi connectivity index (χ4v) is 2.39. The quantitative estimate of drug-likeness (QED) is 0.456. The maximum absolute atomic E-state index is 12.3. The Morgan fingerprint density at radius 3 is 2.05 bits per heavy atom. The molecule has 5 nitrogen and oxygen atoms in total. The lowest BCUT2D eigenvalue weighted by Crippen LogP contribution is -2.43. The van der Waals surface area contributed by atoms with Crippen LogP contribution in [0.5, 0.6) is 0 Å². The number of likely N-dealkylation sites (tertiary alicyclic amines) is 1. The van der Waals surface area contributed by atoms with E-state index in [4.69, 9.17) is 4.74 Å². The third kappa shape index (κ3) is 4.99. The predicted octanol–water partition coefficient (Wildman–Crippen LogP) is 2.74.